The van der Waals surface area contributed by atoms with E-state index in [4.69, 9.17) is 10.2 Å². The van der Waals surface area contributed by atoms with Gasteiger partial charge in [0.05, 0.1) is 0 Å². The van der Waals surface area contributed by atoms with Crippen molar-refractivity contribution >= 4 is 5.97 Å². The van der Waals surface area contributed by atoms with Crippen LogP contribution in [0.5, 0.6) is 5.75 Å². The van der Waals surface area contributed by atoms with E-state index in [1.165, 1.54) is 0 Å². The van der Waals surface area contributed by atoms with Crippen molar-refractivity contribution in [3.8, 4) is 5.75 Å². The van der Waals surface area contributed by atoms with E-state index in [0.29, 0.717) is 35.8 Å². The van der Waals surface area contributed by atoms with Gasteiger partial charge in [-0.05, 0) is 12.1 Å². The number of hydrogen-bond donors (Lipinski definition) is 2. The average Bonchev–Trinajstić information content (AvgIpc) is 2.07. The Balaban J connectivity index is 0.000000217. The number of aromatic hydroxyl groups is 1. The molecule has 1 rings (SSSR count). The standard InChI is InChI=1S/C6H6O.C2H3O2.Hg/c7-6-4-2-1-3-5-6;1-2(3)4;/h1-5,7H;1H2,(H,3,4);. The van der Waals surface area contributed by atoms with Crippen LogP contribution in [0.25, 0.3) is 0 Å². The van der Waals surface area contributed by atoms with Gasteiger partial charge in [0, 0.05) is 0 Å². The number of rotatable bonds is 1. The van der Waals surface area contributed by atoms with Crippen molar-refractivity contribution in [2.75, 3.05) is 0 Å². The average molecular weight is 354 g/mol. The summed E-state index contributed by atoms with van der Waals surface area (Å²) >= 11 is 0.444. The second kappa shape index (κ2) is 7.09. The SMILES string of the molecule is O=C(O)[CH2][Hg].Oc1ccccc1. The van der Waals surface area contributed by atoms with Gasteiger partial charge < -0.3 is 5.11 Å². The summed E-state index contributed by atoms with van der Waals surface area (Å²) in [5, 5.41) is 16.4. The second-order valence-corrected chi connectivity index (χ2v) is 3.92. The predicted octanol–water partition coefficient (Wildman–Crippen LogP) is 1.43. The molecule has 0 fully saturated rings. The zero-order chi connectivity index (χ0) is 9.40. The minimum absolute atomic E-state index is 0.322. The van der Waals surface area contributed by atoms with E-state index in [2.05, 4.69) is 0 Å². The Kier molecular flexibility index (Phi) is 6.75. The van der Waals surface area contributed by atoms with E-state index in [1.54, 1.807) is 24.3 Å². The van der Waals surface area contributed by atoms with Gasteiger partial charge in [-0.3, -0.25) is 0 Å². The smallest absolute Gasteiger partial charge is 0.115 e. The van der Waals surface area contributed by atoms with E-state index in [9.17, 15) is 4.79 Å². The van der Waals surface area contributed by atoms with Crippen molar-refractivity contribution in [1.29, 1.82) is 0 Å². The number of phenols is 1. The van der Waals surface area contributed by atoms with Crippen LogP contribution < -0.4 is 0 Å². The molecule has 0 atom stereocenters. The number of para-hydroxylation sites is 1. The molecule has 12 heavy (non-hydrogen) atoms. The zero-order valence-corrected chi connectivity index (χ0v) is 12.1. The fourth-order valence-electron chi connectivity index (χ4n) is 0.428. The van der Waals surface area contributed by atoms with Crippen molar-refractivity contribution in [1.82, 2.24) is 0 Å². The molecule has 0 saturated carbocycles. The van der Waals surface area contributed by atoms with Crippen LogP contribution in [0.1, 0.15) is 0 Å². The van der Waals surface area contributed by atoms with Crippen molar-refractivity contribution in [2.24, 2.45) is 0 Å². The summed E-state index contributed by atoms with van der Waals surface area (Å²) in [6.45, 7) is 0. The number of aliphatic carboxylic acids is 1. The van der Waals surface area contributed by atoms with E-state index in [0.717, 1.165) is 0 Å². The molecule has 0 unspecified atom stereocenters. The molecular formula is C8H9HgO3. The summed E-state index contributed by atoms with van der Waals surface area (Å²) in [6, 6.07) is 8.71. The molecule has 3 nitrogen and oxygen atoms in total. The molecule has 0 radical (unpaired) electrons. The van der Waals surface area contributed by atoms with Gasteiger partial charge >= 0.3 is 45.9 Å². The van der Waals surface area contributed by atoms with Gasteiger partial charge in [0.1, 0.15) is 5.75 Å². The number of benzene rings is 1. The zero-order valence-electron chi connectivity index (χ0n) is 6.60. The maximum Gasteiger partial charge on any atom is 0.115 e. The molecule has 0 saturated heterocycles. The van der Waals surface area contributed by atoms with Crippen LogP contribution in [0.3, 0.4) is 0 Å². The topological polar surface area (TPSA) is 57.5 Å². The minimum Gasteiger partial charge on any atom is -0.508 e. The van der Waals surface area contributed by atoms with E-state index in [-0.39, 0.29) is 0 Å². The molecule has 1 aromatic rings. The van der Waals surface area contributed by atoms with Gasteiger partial charge in [0.25, 0.3) is 0 Å². The minimum atomic E-state index is -0.659. The Labute approximate surface area is 87.0 Å². The van der Waals surface area contributed by atoms with Crippen LogP contribution in [-0.2, 0) is 30.9 Å². The van der Waals surface area contributed by atoms with Crippen LogP contribution >= 0.6 is 0 Å². The van der Waals surface area contributed by atoms with E-state index >= 15 is 0 Å². The molecule has 1 aromatic carbocycles. The van der Waals surface area contributed by atoms with Crippen molar-refractivity contribution in [3.05, 3.63) is 30.3 Å². The number of carboxylic acid groups (broad SMARTS) is 1. The molecule has 0 aliphatic heterocycles. The number of hydrogen-bond acceptors (Lipinski definition) is 2. The molecule has 61 valence electrons. The molecule has 0 spiro atoms. The summed E-state index contributed by atoms with van der Waals surface area (Å²) in [5.74, 6) is -0.337. The Morgan fingerprint density at radius 2 is 1.75 bits per heavy atom. The van der Waals surface area contributed by atoms with Crippen molar-refractivity contribution < 1.29 is 41.1 Å². The second-order valence-electron chi connectivity index (χ2n) is 1.98. The Bertz CT molecular complexity index is 223. The molecule has 0 heterocycles. The molecule has 0 bridgehead atoms. The van der Waals surface area contributed by atoms with Crippen LogP contribution in [0.4, 0.5) is 0 Å². The number of phenolic OH excluding ortho intramolecular Hbond substituents is 1. The Morgan fingerprint density at radius 1 is 1.33 bits per heavy atom. The van der Waals surface area contributed by atoms with Gasteiger partial charge in [-0.25, -0.2) is 0 Å². The van der Waals surface area contributed by atoms with E-state index < -0.39 is 5.97 Å². The molecule has 0 aliphatic rings. The molecule has 0 aliphatic carbocycles. The van der Waals surface area contributed by atoms with Gasteiger partial charge in [-0.1, -0.05) is 18.2 Å². The monoisotopic (exact) mass is 355 g/mol. The summed E-state index contributed by atoms with van der Waals surface area (Å²) in [4.78, 5) is 9.42. The van der Waals surface area contributed by atoms with Crippen LogP contribution in [0.15, 0.2) is 30.3 Å². The first-order valence-corrected chi connectivity index (χ1v) is 7.30. The molecule has 0 aromatic heterocycles. The summed E-state index contributed by atoms with van der Waals surface area (Å²) in [6.07, 6.45) is 0. The fraction of sp³-hybridized carbons (Fsp3) is 0.125. The van der Waals surface area contributed by atoms with E-state index in [1.807, 2.05) is 6.07 Å². The van der Waals surface area contributed by atoms with Crippen molar-refractivity contribution in [2.45, 2.75) is 3.93 Å². The third-order valence-corrected chi connectivity index (χ3v) is 2.63. The van der Waals surface area contributed by atoms with Crippen molar-refractivity contribution in [3.63, 3.8) is 0 Å². The molecule has 4 heteroatoms. The number of carboxylic acids is 1. The van der Waals surface area contributed by atoms with Gasteiger partial charge in [0.15, 0.2) is 0 Å². The van der Waals surface area contributed by atoms with Gasteiger partial charge in [-0.15, -0.1) is 0 Å². The largest absolute Gasteiger partial charge is 0.508 e. The normalized spacial score (nSPS) is 8.17. The summed E-state index contributed by atoms with van der Waals surface area (Å²) in [5.41, 5.74) is 0. The first-order chi connectivity index (χ1) is 5.66. The third kappa shape index (κ3) is 7.53. The fourth-order valence-corrected chi connectivity index (χ4v) is 0.428. The maximum absolute atomic E-state index is 9.42. The molecule has 0 amide bonds. The quantitative estimate of drug-likeness (QED) is 0.751. The van der Waals surface area contributed by atoms with Crippen LogP contribution in [0.2, 0.25) is 3.93 Å². The third-order valence-electron chi connectivity index (χ3n) is 0.970. The Morgan fingerprint density at radius 3 is 1.92 bits per heavy atom. The van der Waals surface area contributed by atoms with Crippen LogP contribution in [-0.4, -0.2) is 16.2 Å². The molecule has 2 N–H and O–H groups in total. The predicted molar refractivity (Wildman–Crippen MR) is 40.5 cm³/mol. The first-order valence-electron chi connectivity index (χ1n) is 3.42. The van der Waals surface area contributed by atoms with Gasteiger partial charge in [0.2, 0.25) is 0 Å². The number of carbonyl (C=O) groups is 1. The summed E-state index contributed by atoms with van der Waals surface area (Å²) in [7, 11) is 0. The molecular weight excluding hydrogens is 345 g/mol. The summed E-state index contributed by atoms with van der Waals surface area (Å²) < 4.78 is 0.417. The van der Waals surface area contributed by atoms with Crippen LogP contribution in [0, 0.1) is 0 Å². The van der Waals surface area contributed by atoms with Gasteiger partial charge in [-0.2, -0.15) is 0 Å². The first kappa shape index (κ1) is 11.4. The Hall–Kier alpha value is -0.575. The maximum atomic E-state index is 9.42.